The van der Waals surface area contributed by atoms with Crippen molar-refractivity contribution < 1.29 is 9.15 Å². The summed E-state index contributed by atoms with van der Waals surface area (Å²) in [5.41, 5.74) is 7.90. The largest absolute Gasteiger partial charge is 0.497 e. The van der Waals surface area contributed by atoms with Gasteiger partial charge in [0.25, 0.3) is 0 Å². The van der Waals surface area contributed by atoms with Crippen LogP contribution in [0.15, 0.2) is 34.9 Å². The van der Waals surface area contributed by atoms with Crippen LogP contribution in [0.25, 0.3) is 0 Å². The van der Waals surface area contributed by atoms with Crippen LogP contribution in [0.3, 0.4) is 0 Å². The van der Waals surface area contributed by atoms with Gasteiger partial charge in [-0.3, -0.25) is 0 Å². The van der Waals surface area contributed by atoms with Gasteiger partial charge in [0, 0.05) is 10.6 Å². The molecule has 2 aromatic rings. The fourth-order valence-corrected chi connectivity index (χ4v) is 1.98. The highest BCUT2D eigenvalue weighted by atomic mass is 35.5. The van der Waals surface area contributed by atoms with Crippen molar-refractivity contribution in [1.82, 2.24) is 0 Å². The van der Waals surface area contributed by atoms with E-state index in [1.54, 1.807) is 19.4 Å². The quantitative estimate of drug-likeness (QED) is 0.911. The maximum Gasteiger partial charge on any atom is 0.120 e. The number of aryl methyl sites for hydroxylation is 1. The number of hydrogen-bond acceptors (Lipinski definition) is 3. The number of methoxy groups -OCH3 is 1. The van der Waals surface area contributed by atoms with Gasteiger partial charge < -0.3 is 14.9 Å². The van der Waals surface area contributed by atoms with Crippen molar-refractivity contribution in [3.63, 3.8) is 0 Å². The van der Waals surface area contributed by atoms with Gasteiger partial charge in [-0.25, -0.2) is 0 Å². The number of halogens is 1. The van der Waals surface area contributed by atoms with E-state index in [1.165, 1.54) is 0 Å². The minimum atomic E-state index is -0.286. The van der Waals surface area contributed by atoms with E-state index < -0.39 is 0 Å². The average molecular weight is 252 g/mol. The molecule has 90 valence electrons. The number of furan rings is 1. The van der Waals surface area contributed by atoms with E-state index in [-0.39, 0.29) is 6.04 Å². The van der Waals surface area contributed by atoms with Gasteiger partial charge in [-0.15, -0.1) is 0 Å². The predicted molar refractivity (Wildman–Crippen MR) is 67.5 cm³/mol. The van der Waals surface area contributed by atoms with E-state index in [9.17, 15) is 0 Å². The Bertz CT molecular complexity index is 522. The number of ether oxygens (including phenoxy) is 1. The van der Waals surface area contributed by atoms with Crippen molar-refractivity contribution in [3.05, 3.63) is 52.4 Å². The van der Waals surface area contributed by atoms with Crippen LogP contribution in [0.1, 0.15) is 22.9 Å². The van der Waals surface area contributed by atoms with Crippen molar-refractivity contribution in [2.75, 3.05) is 7.11 Å². The van der Waals surface area contributed by atoms with Crippen LogP contribution in [0.5, 0.6) is 5.75 Å². The summed E-state index contributed by atoms with van der Waals surface area (Å²) in [6.07, 6.45) is 1.65. The lowest BCUT2D eigenvalue weighted by Gasteiger charge is -2.12. The lowest BCUT2D eigenvalue weighted by atomic mass is 10.0. The van der Waals surface area contributed by atoms with Gasteiger partial charge in [0.05, 0.1) is 19.4 Å². The lowest BCUT2D eigenvalue weighted by Crippen LogP contribution is -2.11. The lowest BCUT2D eigenvalue weighted by molar-refractivity contribution is 0.414. The first-order valence-corrected chi connectivity index (χ1v) is 5.63. The normalized spacial score (nSPS) is 12.5. The zero-order chi connectivity index (χ0) is 12.4. The van der Waals surface area contributed by atoms with Crippen LogP contribution in [0.4, 0.5) is 0 Å². The summed E-state index contributed by atoms with van der Waals surface area (Å²) in [6, 6.07) is 7.09. The summed E-state index contributed by atoms with van der Waals surface area (Å²) < 4.78 is 10.3. The Balaban J connectivity index is 2.34. The molecule has 3 nitrogen and oxygen atoms in total. The van der Waals surface area contributed by atoms with Crippen LogP contribution >= 0.6 is 11.6 Å². The van der Waals surface area contributed by atoms with Crippen LogP contribution < -0.4 is 10.5 Å². The van der Waals surface area contributed by atoms with Crippen molar-refractivity contribution in [3.8, 4) is 5.75 Å². The molecular formula is C13H14ClNO2. The van der Waals surface area contributed by atoms with E-state index >= 15 is 0 Å². The molecule has 0 fully saturated rings. The maximum atomic E-state index is 6.17. The predicted octanol–water partition coefficient (Wildman–Crippen LogP) is 3.30. The molecule has 0 aliphatic carbocycles. The molecule has 0 aliphatic rings. The third kappa shape index (κ3) is 2.46. The van der Waals surface area contributed by atoms with Gasteiger partial charge in [0.2, 0.25) is 0 Å². The van der Waals surface area contributed by atoms with Gasteiger partial charge >= 0.3 is 0 Å². The second-order valence-electron chi connectivity index (χ2n) is 3.86. The molecule has 17 heavy (non-hydrogen) atoms. The Morgan fingerprint density at radius 2 is 2.12 bits per heavy atom. The van der Waals surface area contributed by atoms with Crippen molar-refractivity contribution in [2.24, 2.45) is 5.73 Å². The molecule has 1 heterocycles. The summed E-state index contributed by atoms with van der Waals surface area (Å²) in [5.74, 6) is 1.55. The zero-order valence-corrected chi connectivity index (χ0v) is 10.5. The second kappa shape index (κ2) is 4.82. The summed E-state index contributed by atoms with van der Waals surface area (Å²) in [7, 11) is 1.60. The first-order chi connectivity index (χ1) is 8.11. The maximum absolute atomic E-state index is 6.17. The van der Waals surface area contributed by atoms with Crippen molar-refractivity contribution in [2.45, 2.75) is 13.0 Å². The van der Waals surface area contributed by atoms with E-state index in [2.05, 4.69) is 0 Å². The Morgan fingerprint density at radius 3 is 2.65 bits per heavy atom. The van der Waals surface area contributed by atoms with Gasteiger partial charge in [-0.05, 0) is 30.7 Å². The third-order valence-electron chi connectivity index (χ3n) is 2.65. The molecule has 0 aliphatic heterocycles. The fourth-order valence-electron chi connectivity index (χ4n) is 1.69. The molecule has 2 rings (SSSR count). The molecule has 2 N–H and O–H groups in total. The molecule has 0 spiro atoms. The number of hydrogen-bond donors (Lipinski definition) is 1. The van der Waals surface area contributed by atoms with E-state index in [0.717, 1.165) is 16.9 Å². The third-order valence-corrected chi connectivity index (χ3v) is 2.98. The van der Waals surface area contributed by atoms with Gasteiger partial charge in [0.15, 0.2) is 0 Å². The molecule has 1 aromatic heterocycles. The number of benzene rings is 1. The molecule has 1 unspecified atom stereocenters. The topological polar surface area (TPSA) is 48.4 Å². The molecule has 1 atom stereocenters. The van der Waals surface area contributed by atoms with Gasteiger partial charge in [-0.1, -0.05) is 17.7 Å². The zero-order valence-electron chi connectivity index (χ0n) is 9.74. The van der Waals surface area contributed by atoms with Crippen molar-refractivity contribution in [1.29, 1.82) is 0 Å². The monoisotopic (exact) mass is 251 g/mol. The summed E-state index contributed by atoms with van der Waals surface area (Å²) >= 11 is 6.17. The number of rotatable bonds is 3. The highest BCUT2D eigenvalue weighted by Gasteiger charge is 2.14. The summed E-state index contributed by atoms with van der Waals surface area (Å²) in [5, 5.41) is 0.593. The van der Waals surface area contributed by atoms with Gasteiger partial charge in [-0.2, -0.15) is 0 Å². The smallest absolute Gasteiger partial charge is 0.120 e. The molecule has 1 aromatic carbocycles. The van der Waals surface area contributed by atoms with Crippen molar-refractivity contribution >= 4 is 11.6 Å². The van der Waals surface area contributed by atoms with Crippen LogP contribution in [0.2, 0.25) is 5.02 Å². The Labute approximate surface area is 105 Å². The molecule has 4 heteroatoms. The Morgan fingerprint density at radius 1 is 1.35 bits per heavy atom. The molecule has 0 amide bonds. The summed E-state index contributed by atoms with van der Waals surface area (Å²) in [4.78, 5) is 0. The first-order valence-electron chi connectivity index (χ1n) is 5.26. The van der Waals surface area contributed by atoms with E-state index in [4.69, 9.17) is 26.5 Å². The average Bonchev–Trinajstić information content (AvgIpc) is 2.75. The molecule has 0 radical (unpaired) electrons. The summed E-state index contributed by atoms with van der Waals surface area (Å²) in [6.45, 7) is 1.88. The van der Waals surface area contributed by atoms with Crippen LogP contribution in [-0.2, 0) is 0 Å². The molecule has 0 bridgehead atoms. The van der Waals surface area contributed by atoms with Gasteiger partial charge in [0.1, 0.15) is 11.5 Å². The molecule has 0 saturated carbocycles. The van der Waals surface area contributed by atoms with Crippen LogP contribution in [0, 0.1) is 6.92 Å². The minimum absolute atomic E-state index is 0.286. The second-order valence-corrected chi connectivity index (χ2v) is 4.26. The van der Waals surface area contributed by atoms with E-state index in [1.807, 2.05) is 25.1 Å². The SMILES string of the molecule is COc1ccc(C(N)c2coc(C)c2)c(Cl)c1. The fraction of sp³-hybridized carbons (Fsp3) is 0.231. The standard InChI is InChI=1S/C13H14ClNO2/c1-8-5-9(7-17-8)13(15)11-4-3-10(16-2)6-12(11)14/h3-7,13H,15H2,1-2H3. The number of nitrogens with two attached hydrogens (primary N) is 1. The van der Waals surface area contributed by atoms with E-state index in [0.29, 0.717) is 10.8 Å². The Kier molecular flexibility index (Phi) is 3.41. The molecule has 0 saturated heterocycles. The van der Waals surface area contributed by atoms with Crippen LogP contribution in [-0.4, -0.2) is 7.11 Å². The Hall–Kier alpha value is -1.45. The first kappa shape index (κ1) is 12.0. The molecular weight excluding hydrogens is 238 g/mol. The highest BCUT2D eigenvalue weighted by Crippen LogP contribution is 2.30. The highest BCUT2D eigenvalue weighted by molar-refractivity contribution is 6.31. The minimum Gasteiger partial charge on any atom is -0.497 e.